The Kier molecular flexibility index (Phi) is 6.79. The highest BCUT2D eigenvalue weighted by Gasteiger charge is 2.29. The number of benzene rings is 1. The van der Waals surface area contributed by atoms with Crippen molar-refractivity contribution in [2.75, 3.05) is 0 Å². The summed E-state index contributed by atoms with van der Waals surface area (Å²) in [6.45, 7) is 14.5. The maximum atomic E-state index is 12.3. The van der Waals surface area contributed by atoms with Crippen LogP contribution >= 0.6 is 0 Å². The van der Waals surface area contributed by atoms with E-state index < -0.39 is 14.0 Å². The molecule has 0 bridgehead atoms. The fourth-order valence-corrected chi connectivity index (χ4v) is 5.91. The van der Waals surface area contributed by atoms with E-state index in [4.69, 9.17) is 9.78 Å². The first-order valence-corrected chi connectivity index (χ1v) is 11.6. The summed E-state index contributed by atoms with van der Waals surface area (Å²) < 4.78 is 0. The highest BCUT2D eigenvalue weighted by atomic mass is 28.3. The molecule has 1 fully saturated rings. The van der Waals surface area contributed by atoms with Gasteiger partial charge in [0.05, 0.1) is 5.56 Å². The van der Waals surface area contributed by atoms with Crippen LogP contribution in [0.3, 0.4) is 0 Å². The molecule has 0 aliphatic heterocycles. The SMILES string of the molecule is C=C[Si](C=C)(CC)c1ccc(C(=O)OOC2CC(C)CCC2C)cc1. The minimum Gasteiger partial charge on any atom is -0.293 e. The second-order valence-corrected chi connectivity index (χ2v) is 11.5. The van der Waals surface area contributed by atoms with Crippen molar-refractivity contribution < 1.29 is 14.6 Å². The zero-order valence-electron chi connectivity index (χ0n) is 15.7. The molecule has 2 rings (SSSR count). The van der Waals surface area contributed by atoms with Crippen LogP contribution in [0.1, 0.15) is 50.4 Å². The molecule has 25 heavy (non-hydrogen) atoms. The fraction of sp³-hybridized carbons (Fsp3) is 0.476. The lowest BCUT2D eigenvalue weighted by Gasteiger charge is -2.30. The van der Waals surface area contributed by atoms with Crippen molar-refractivity contribution in [3.63, 3.8) is 0 Å². The summed E-state index contributed by atoms with van der Waals surface area (Å²) in [5.74, 6) is 0.602. The molecule has 3 nitrogen and oxygen atoms in total. The molecule has 4 heteroatoms. The van der Waals surface area contributed by atoms with Gasteiger partial charge in [-0.3, -0.25) is 4.89 Å². The van der Waals surface area contributed by atoms with E-state index in [0.29, 0.717) is 17.4 Å². The second kappa shape index (κ2) is 8.63. The van der Waals surface area contributed by atoms with Crippen LogP contribution in [0.15, 0.2) is 48.8 Å². The van der Waals surface area contributed by atoms with Crippen LogP contribution in [-0.4, -0.2) is 20.1 Å². The van der Waals surface area contributed by atoms with Gasteiger partial charge < -0.3 is 0 Å². The molecule has 0 amide bonds. The number of rotatable bonds is 7. The van der Waals surface area contributed by atoms with Gasteiger partial charge in [0, 0.05) is 0 Å². The molecule has 0 aromatic heterocycles. The van der Waals surface area contributed by atoms with Crippen molar-refractivity contribution in [3.8, 4) is 0 Å². The van der Waals surface area contributed by atoms with Gasteiger partial charge in [0.25, 0.3) is 0 Å². The van der Waals surface area contributed by atoms with E-state index in [1.807, 2.05) is 23.5 Å². The van der Waals surface area contributed by atoms with E-state index in [1.165, 1.54) is 11.6 Å². The lowest BCUT2D eigenvalue weighted by molar-refractivity contribution is -0.291. The quantitative estimate of drug-likeness (QED) is 0.402. The average Bonchev–Trinajstić information content (AvgIpc) is 2.64. The van der Waals surface area contributed by atoms with Crippen LogP contribution in [0.2, 0.25) is 6.04 Å². The number of carbonyl (C=O) groups excluding carboxylic acids is 1. The summed E-state index contributed by atoms with van der Waals surface area (Å²) in [7, 11) is -1.87. The minimum atomic E-state index is -1.87. The Labute approximate surface area is 152 Å². The van der Waals surface area contributed by atoms with E-state index in [9.17, 15) is 4.79 Å². The first-order chi connectivity index (χ1) is 12.0. The summed E-state index contributed by atoms with van der Waals surface area (Å²) in [5, 5.41) is 1.20. The summed E-state index contributed by atoms with van der Waals surface area (Å²) in [6.07, 6.45) is 3.27. The maximum absolute atomic E-state index is 12.3. The zero-order chi connectivity index (χ0) is 18.4. The predicted molar refractivity (Wildman–Crippen MR) is 105 cm³/mol. The number of carbonyl (C=O) groups is 1. The molecule has 0 radical (unpaired) electrons. The van der Waals surface area contributed by atoms with Crippen molar-refractivity contribution in [2.45, 2.75) is 52.2 Å². The molecular weight excluding hydrogens is 328 g/mol. The van der Waals surface area contributed by atoms with Gasteiger partial charge in [-0.15, -0.1) is 13.2 Å². The van der Waals surface area contributed by atoms with Gasteiger partial charge >= 0.3 is 5.97 Å². The van der Waals surface area contributed by atoms with Crippen molar-refractivity contribution in [3.05, 3.63) is 54.4 Å². The van der Waals surface area contributed by atoms with Crippen LogP contribution in [0.5, 0.6) is 0 Å². The van der Waals surface area contributed by atoms with Crippen LogP contribution in [0.25, 0.3) is 0 Å². The Morgan fingerprint density at radius 2 is 1.84 bits per heavy atom. The molecule has 0 saturated heterocycles. The van der Waals surface area contributed by atoms with Crippen LogP contribution in [-0.2, 0) is 9.78 Å². The third-order valence-corrected chi connectivity index (χ3v) is 9.64. The molecule has 1 aliphatic rings. The van der Waals surface area contributed by atoms with Gasteiger partial charge in [0.2, 0.25) is 0 Å². The van der Waals surface area contributed by atoms with Crippen LogP contribution in [0, 0.1) is 11.8 Å². The third kappa shape index (κ3) is 4.50. The average molecular weight is 359 g/mol. The Hall–Kier alpha value is -1.65. The summed E-state index contributed by atoms with van der Waals surface area (Å²) in [4.78, 5) is 22.9. The Bertz CT molecular complexity index is 600. The molecule has 0 spiro atoms. The van der Waals surface area contributed by atoms with Crippen LogP contribution < -0.4 is 5.19 Å². The molecule has 0 N–H and O–H groups in total. The van der Waals surface area contributed by atoms with Gasteiger partial charge in [-0.25, -0.2) is 4.79 Å². The van der Waals surface area contributed by atoms with E-state index in [2.05, 4.69) is 33.9 Å². The highest BCUT2D eigenvalue weighted by molar-refractivity contribution is 6.99. The Morgan fingerprint density at radius 3 is 2.40 bits per heavy atom. The maximum Gasteiger partial charge on any atom is 0.373 e. The number of hydrogen-bond acceptors (Lipinski definition) is 3. The molecule has 136 valence electrons. The molecule has 1 aliphatic carbocycles. The Balaban J connectivity index is 2.00. The minimum absolute atomic E-state index is 0.00588. The number of hydrogen-bond donors (Lipinski definition) is 0. The molecule has 1 aromatic carbocycles. The summed E-state index contributed by atoms with van der Waals surface area (Å²) >= 11 is 0. The molecule has 1 aromatic rings. The van der Waals surface area contributed by atoms with E-state index >= 15 is 0 Å². The lowest BCUT2D eigenvalue weighted by atomic mass is 9.82. The van der Waals surface area contributed by atoms with E-state index in [-0.39, 0.29) is 6.10 Å². The van der Waals surface area contributed by atoms with Gasteiger partial charge in [-0.2, -0.15) is 4.89 Å². The van der Waals surface area contributed by atoms with Gasteiger partial charge in [0.15, 0.2) is 0 Å². The van der Waals surface area contributed by atoms with Crippen molar-refractivity contribution in [2.24, 2.45) is 11.8 Å². The van der Waals surface area contributed by atoms with Gasteiger partial charge in [-0.05, 0) is 42.9 Å². The molecule has 3 atom stereocenters. The zero-order valence-corrected chi connectivity index (χ0v) is 16.7. The molecular formula is C21H30O3Si. The summed E-state index contributed by atoms with van der Waals surface area (Å²) in [5.41, 5.74) is 4.57. The van der Waals surface area contributed by atoms with Crippen LogP contribution in [0.4, 0.5) is 0 Å². The van der Waals surface area contributed by atoms with Gasteiger partial charge in [0.1, 0.15) is 14.2 Å². The predicted octanol–water partition coefficient (Wildman–Crippen LogP) is 4.73. The lowest BCUT2D eigenvalue weighted by Crippen LogP contribution is -2.43. The molecule has 1 saturated carbocycles. The Morgan fingerprint density at radius 1 is 1.20 bits per heavy atom. The van der Waals surface area contributed by atoms with E-state index in [1.54, 1.807) is 12.1 Å². The smallest absolute Gasteiger partial charge is 0.293 e. The fourth-order valence-electron chi connectivity index (χ4n) is 3.50. The normalized spacial score (nSPS) is 23.7. The third-order valence-electron chi connectivity index (χ3n) is 5.60. The summed E-state index contributed by atoms with van der Waals surface area (Å²) in [6, 6.07) is 8.59. The second-order valence-electron chi connectivity index (χ2n) is 7.28. The highest BCUT2D eigenvalue weighted by Crippen LogP contribution is 2.30. The van der Waals surface area contributed by atoms with Crippen molar-refractivity contribution >= 4 is 19.2 Å². The van der Waals surface area contributed by atoms with Crippen molar-refractivity contribution in [1.29, 1.82) is 0 Å². The monoisotopic (exact) mass is 358 g/mol. The van der Waals surface area contributed by atoms with Gasteiger partial charge in [-0.1, -0.05) is 55.9 Å². The first kappa shape index (κ1) is 19.7. The largest absolute Gasteiger partial charge is 0.373 e. The topological polar surface area (TPSA) is 35.5 Å². The first-order valence-electron chi connectivity index (χ1n) is 9.21. The molecule has 3 unspecified atom stereocenters. The standard InChI is InChI=1S/C21H30O3Si/c1-6-25(7-2,8-3)19-13-11-18(12-14-19)21(22)24-23-20-15-16(4)9-10-17(20)5/h6-7,11-14,16-17,20H,1-2,8-10,15H2,3-5H3. The van der Waals surface area contributed by atoms with E-state index in [0.717, 1.165) is 18.9 Å². The van der Waals surface area contributed by atoms with Crippen molar-refractivity contribution in [1.82, 2.24) is 0 Å². The molecule has 0 heterocycles.